The Kier molecular flexibility index (Phi) is 3.54. The second-order valence-corrected chi connectivity index (χ2v) is 7.51. The van der Waals surface area contributed by atoms with Crippen molar-refractivity contribution in [1.82, 2.24) is 0 Å². The topological polar surface area (TPSA) is 12.0 Å². The van der Waals surface area contributed by atoms with Crippen LogP contribution < -0.4 is 5.32 Å². The molecule has 0 bridgehead atoms. The maximum Gasteiger partial charge on any atom is 0.0554 e. The summed E-state index contributed by atoms with van der Waals surface area (Å²) in [5, 5.41) is 4.65. The normalized spacial score (nSPS) is 25.5. The van der Waals surface area contributed by atoms with Crippen LogP contribution in [0.3, 0.4) is 0 Å². The number of benzene rings is 2. The number of fused-ring (bicyclic) bond motifs is 3. The molecule has 0 saturated carbocycles. The highest BCUT2D eigenvalue weighted by Crippen LogP contribution is 2.52. The molecule has 2 aliphatic rings. The summed E-state index contributed by atoms with van der Waals surface area (Å²) in [6.45, 7) is 2.15. The molecule has 0 amide bonds. The second-order valence-electron chi connectivity index (χ2n) is 6.18. The van der Waals surface area contributed by atoms with Crippen molar-refractivity contribution < 1.29 is 0 Å². The SMILES string of the molecule is Cc1ccc(Cl)c2c1N[C@@H](c1cccc(Br)c1)[C@H]1CC=C[C@@H]21. The molecule has 3 heteroatoms. The van der Waals surface area contributed by atoms with Crippen molar-refractivity contribution in [2.75, 3.05) is 5.32 Å². The highest BCUT2D eigenvalue weighted by Gasteiger charge is 2.39. The van der Waals surface area contributed by atoms with E-state index in [1.165, 1.54) is 22.4 Å². The number of hydrogen-bond acceptors (Lipinski definition) is 1. The number of aryl methyl sites for hydroxylation is 1. The predicted molar refractivity (Wildman–Crippen MR) is 96.7 cm³/mol. The van der Waals surface area contributed by atoms with Crippen LogP contribution in [0.2, 0.25) is 5.02 Å². The van der Waals surface area contributed by atoms with Gasteiger partial charge in [0.2, 0.25) is 0 Å². The Morgan fingerprint density at radius 2 is 2.09 bits per heavy atom. The summed E-state index contributed by atoms with van der Waals surface area (Å²) < 4.78 is 1.13. The Bertz CT molecular complexity index is 768. The van der Waals surface area contributed by atoms with E-state index in [0.29, 0.717) is 17.9 Å². The molecule has 0 radical (unpaired) electrons. The van der Waals surface area contributed by atoms with Crippen LogP contribution in [0, 0.1) is 12.8 Å². The quantitative estimate of drug-likeness (QED) is 0.583. The maximum atomic E-state index is 6.52. The zero-order valence-corrected chi connectivity index (χ0v) is 14.7. The fraction of sp³-hybridized carbons (Fsp3) is 0.263. The molecule has 2 aromatic rings. The Labute approximate surface area is 144 Å². The van der Waals surface area contributed by atoms with E-state index in [2.05, 4.69) is 70.7 Å². The van der Waals surface area contributed by atoms with Crippen LogP contribution in [-0.4, -0.2) is 0 Å². The van der Waals surface area contributed by atoms with Crippen molar-refractivity contribution in [1.29, 1.82) is 0 Å². The first-order valence-electron chi connectivity index (χ1n) is 7.63. The van der Waals surface area contributed by atoms with Crippen molar-refractivity contribution >= 4 is 33.2 Å². The second kappa shape index (κ2) is 5.43. The molecule has 0 unspecified atom stereocenters. The van der Waals surface area contributed by atoms with Crippen molar-refractivity contribution in [2.45, 2.75) is 25.3 Å². The number of allylic oxidation sites excluding steroid dienone is 2. The van der Waals surface area contributed by atoms with Crippen LogP contribution in [0.25, 0.3) is 0 Å². The summed E-state index contributed by atoms with van der Waals surface area (Å²) in [6.07, 6.45) is 5.73. The van der Waals surface area contributed by atoms with Crippen molar-refractivity contribution in [3.63, 3.8) is 0 Å². The molecule has 1 heterocycles. The van der Waals surface area contributed by atoms with Crippen LogP contribution in [0.5, 0.6) is 0 Å². The van der Waals surface area contributed by atoms with E-state index in [-0.39, 0.29) is 0 Å². The van der Waals surface area contributed by atoms with Gasteiger partial charge < -0.3 is 5.32 Å². The zero-order chi connectivity index (χ0) is 15.3. The monoisotopic (exact) mass is 373 g/mol. The van der Waals surface area contributed by atoms with Crippen molar-refractivity contribution in [2.24, 2.45) is 5.92 Å². The molecule has 0 spiro atoms. The van der Waals surface area contributed by atoms with Crippen LogP contribution in [-0.2, 0) is 0 Å². The van der Waals surface area contributed by atoms with Gasteiger partial charge in [0.05, 0.1) is 6.04 Å². The summed E-state index contributed by atoms with van der Waals surface area (Å²) in [6, 6.07) is 13.1. The third-order valence-corrected chi connectivity index (χ3v) is 5.71. The average molecular weight is 375 g/mol. The molecule has 0 fully saturated rings. The minimum Gasteiger partial charge on any atom is -0.377 e. The minimum atomic E-state index is 0.321. The lowest BCUT2D eigenvalue weighted by Gasteiger charge is -2.38. The Hall–Kier alpha value is -1.25. The summed E-state index contributed by atoms with van der Waals surface area (Å²) >= 11 is 10.1. The van der Waals surface area contributed by atoms with Gasteiger partial charge in [0.15, 0.2) is 0 Å². The Balaban J connectivity index is 1.86. The lowest BCUT2D eigenvalue weighted by molar-refractivity contribution is 0.425. The van der Waals surface area contributed by atoms with E-state index >= 15 is 0 Å². The first kappa shape index (κ1) is 14.3. The third kappa shape index (κ3) is 2.21. The molecule has 0 aromatic heterocycles. The molecule has 112 valence electrons. The summed E-state index contributed by atoms with van der Waals surface area (Å²) in [5.41, 5.74) is 5.08. The highest BCUT2D eigenvalue weighted by molar-refractivity contribution is 9.10. The molecule has 1 nitrogen and oxygen atoms in total. The zero-order valence-electron chi connectivity index (χ0n) is 12.3. The largest absolute Gasteiger partial charge is 0.377 e. The molecule has 3 atom stereocenters. The van der Waals surface area contributed by atoms with Gasteiger partial charge in [-0.15, -0.1) is 0 Å². The van der Waals surface area contributed by atoms with Gasteiger partial charge in [-0.3, -0.25) is 0 Å². The average Bonchev–Trinajstić information content (AvgIpc) is 2.99. The van der Waals surface area contributed by atoms with Gasteiger partial charge in [0.1, 0.15) is 0 Å². The first-order chi connectivity index (χ1) is 10.6. The highest BCUT2D eigenvalue weighted by atomic mass is 79.9. The number of rotatable bonds is 1. The Morgan fingerprint density at radius 3 is 2.91 bits per heavy atom. The summed E-state index contributed by atoms with van der Waals surface area (Å²) in [5.74, 6) is 0.939. The van der Waals surface area contributed by atoms with Gasteiger partial charge in [-0.2, -0.15) is 0 Å². The first-order valence-corrected chi connectivity index (χ1v) is 8.80. The molecule has 2 aromatic carbocycles. The molecule has 4 rings (SSSR count). The van der Waals surface area contributed by atoms with E-state index in [4.69, 9.17) is 11.6 Å². The van der Waals surface area contributed by atoms with Crippen molar-refractivity contribution in [3.8, 4) is 0 Å². The van der Waals surface area contributed by atoms with Gasteiger partial charge in [-0.25, -0.2) is 0 Å². The van der Waals surface area contributed by atoms with E-state index in [1.54, 1.807) is 0 Å². The summed E-state index contributed by atoms with van der Waals surface area (Å²) in [7, 11) is 0. The van der Waals surface area contributed by atoms with Gasteiger partial charge in [-0.05, 0) is 48.6 Å². The van der Waals surface area contributed by atoms with Crippen LogP contribution in [0.4, 0.5) is 5.69 Å². The van der Waals surface area contributed by atoms with Gasteiger partial charge >= 0.3 is 0 Å². The van der Waals surface area contributed by atoms with Gasteiger partial charge in [0.25, 0.3) is 0 Å². The fourth-order valence-electron chi connectivity index (χ4n) is 3.84. The van der Waals surface area contributed by atoms with Crippen LogP contribution >= 0.6 is 27.5 Å². The predicted octanol–water partition coefficient (Wildman–Crippen LogP) is 6.24. The van der Waals surface area contributed by atoms with E-state index in [9.17, 15) is 0 Å². The van der Waals surface area contributed by atoms with Crippen molar-refractivity contribution in [3.05, 3.63) is 74.7 Å². The Morgan fingerprint density at radius 1 is 1.23 bits per heavy atom. The van der Waals surface area contributed by atoms with Crippen LogP contribution in [0.1, 0.15) is 35.1 Å². The third-order valence-electron chi connectivity index (χ3n) is 4.88. The molecule has 0 saturated heterocycles. The number of nitrogens with one attached hydrogen (secondary N) is 1. The maximum absolute atomic E-state index is 6.52. The standard InChI is InChI=1S/C19H17BrClN/c1-11-8-9-16(21)17-14-6-3-7-15(14)19(22-18(11)17)12-4-2-5-13(20)10-12/h2-6,8-10,14-15,19,22H,7H2,1H3/t14-,15+,19+/m1/s1. The summed E-state index contributed by atoms with van der Waals surface area (Å²) in [4.78, 5) is 0. The molecular weight excluding hydrogens is 358 g/mol. The number of hydrogen-bond donors (Lipinski definition) is 1. The smallest absolute Gasteiger partial charge is 0.0554 e. The lowest BCUT2D eigenvalue weighted by Crippen LogP contribution is -2.29. The molecule has 1 aliphatic carbocycles. The number of halogens is 2. The number of anilines is 1. The molecule has 22 heavy (non-hydrogen) atoms. The van der Waals surface area contributed by atoms with E-state index < -0.39 is 0 Å². The van der Waals surface area contributed by atoms with Gasteiger partial charge in [-0.1, -0.05) is 57.9 Å². The lowest BCUT2D eigenvalue weighted by atomic mass is 9.76. The minimum absolute atomic E-state index is 0.321. The fourth-order valence-corrected chi connectivity index (χ4v) is 4.54. The van der Waals surface area contributed by atoms with E-state index in [1.807, 2.05) is 6.07 Å². The van der Waals surface area contributed by atoms with Gasteiger partial charge in [0, 0.05) is 26.7 Å². The molecule has 1 aliphatic heterocycles. The molecular formula is C19H17BrClN. The van der Waals surface area contributed by atoms with E-state index in [0.717, 1.165) is 15.9 Å². The van der Waals surface area contributed by atoms with Crippen LogP contribution in [0.15, 0.2) is 53.0 Å². The molecule has 1 N–H and O–H groups in total.